The summed E-state index contributed by atoms with van der Waals surface area (Å²) in [6.07, 6.45) is 8.46. The minimum atomic E-state index is 0.332. The molecular weight excluding hydrogens is 212 g/mol. The van der Waals surface area contributed by atoms with Crippen LogP contribution in [-0.2, 0) is 4.79 Å². The van der Waals surface area contributed by atoms with Crippen LogP contribution in [0.3, 0.4) is 0 Å². The third-order valence-electron chi connectivity index (χ3n) is 5.18. The molecule has 1 saturated heterocycles. The molecule has 3 fully saturated rings. The summed E-state index contributed by atoms with van der Waals surface area (Å²) in [6.45, 7) is 1.94. The van der Waals surface area contributed by atoms with E-state index in [0.29, 0.717) is 29.7 Å². The predicted octanol–water partition coefficient (Wildman–Crippen LogP) is 1.76. The fourth-order valence-electron chi connectivity index (χ4n) is 4.10. The molecule has 3 heteroatoms. The molecule has 0 radical (unpaired) electrons. The van der Waals surface area contributed by atoms with E-state index in [1.54, 1.807) is 0 Å². The Balaban J connectivity index is 1.60. The van der Waals surface area contributed by atoms with Gasteiger partial charge in [0.05, 0.1) is 0 Å². The summed E-state index contributed by atoms with van der Waals surface area (Å²) >= 11 is 0. The zero-order valence-corrected chi connectivity index (χ0v) is 10.6. The van der Waals surface area contributed by atoms with Crippen LogP contribution in [0.5, 0.6) is 0 Å². The minimum Gasteiger partial charge on any atom is -0.342 e. The quantitative estimate of drug-likeness (QED) is 0.754. The van der Waals surface area contributed by atoms with Gasteiger partial charge in [0.15, 0.2) is 0 Å². The number of carbonyl (C=O) groups excluding carboxylic acids is 1. The molecule has 0 aromatic heterocycles. The Labute approximate surface area is 104 Å². The molecule has 1 aliphatic heterocycles. The molecule has 17 heavy (non-hydrogen) atoms. The highest BCUT2D eigenvalue weighted by Gasteiger charge is 2.43. The first kappa shape index (κ1) is 11.5. The maximum atomic E-state index is 12.4. The molecule has 0 spiro atoms. The van der Waals surface area contributed by atoms with Crippen LogP contribution in [0.25, 0.3) is 0 Å². The summed E-state index contributed by atoms with van der Waals surface area (Å²) < 4.78 is 0. The van der Waals surface area contributed by atoms with Crippen LogP contribution in [-0.4, -0.2) is 29.9 Å². The fraction of sp³-hybridized carbons (Fsp3) is 0.929. The van der Waals surface area contributed by atoms with Crippen LogP contribution in [0, 0.1) is 17.8 Å². The summed E-state index contributed by atoms with van der Waals surface area (Å²) in [5.74, 6) is 2.07. The normalized spacial score (nSPS) is 38.4. The Morgan fingerprint density at radius 1 is 1.00 bits per heavy atom. The molecule has 3 atom stereocenters. The van der Waals surface area contributed by atoms with E-state index in [1.165, 1.54) is 32.1 Å². The molecule has 3 rings (SSSR count). The lowest BCUT2D eigenvalue weighted by molar-refractivity contribution is -0.135. The lowest BCUT2D eigenvalue weighted by Crippen LogP contribution is -2.37. The van der Waals surface area contributed by atoms with Crippen molar-refractivity contribution in [1.29, 1.82) is 0 Å². The van der Waals surface area contributed by atoms with E-state index in [0.717, 1.165) is 25.9 Å². The van der Waals surface area contributed by atoms with Crippen molar-refractivity contribution in [3.63, 3.8) is 0 Å². The Hall–Kier alpha value is -0.570. The van der Waals surface area contributed by atoms with E-state index in [9.17, 15) is 4.79 Å². The molecule has 2 aliphatic carbocycles. The average Bonchev–Trinajstić information content (AvgIpc) is 2.92. The molecule has 1 heterocycles. The fourth-order valence-corrected chi connectivity index (χ4v) is 4.10. The van der Waals surface area contributed by atoms with Gasteiger partial charge >= 0.3 is 0 Å². The zero-order chi connectivity index (χ0) is 11.8. The van der Waals surface area contributed by atoms with Gasteiger partial charge in [0, 0.05) is 25.0 Å². The van der Waals surface area contributed by atoms with E-state index in [-0.39, 0.29) is 0 Å². The lowest BCUT2D eigenvalue weighted by Gasteiger charge is -2.27. The molecular formula is C14H24N2O. The van der Waals surface area contributed by atoms with Crippen molar-refractivity contribution in [2.24, 2.45) is 23.5 Å². The van der Waals surface area contributed by atoms with Crippen molar-refractivity contribution < 1.29 is 4.79 Å². The number of nitrogens with zero attached hydrogens (tertiary/aromatic N) is 1. The second-order valence-electron chi connectivity index (χ2n) is 6.24. The monoisotopic (exact) mass is 236 g/mol. The van der Waals surface area contributed by atoms with Gasteiger partial charge in [-0.05, 0) is 37.5 Å². The summed E-state index contributed by atoms with van der Waals surface area (Å²) in [7, 11) is 0. The molecule has 96 valence electrons. The maximum absolute atomic E-state index is 12.4. The molecule has 0 bridgehead atoms. The van der Waals surface area contributed by atoms with Crippen LogP contribution >= 0.6 is 0 Å². The van der Waals surface area contributed by atoms with Gasteiger partial charge in [-0.2, -0.15) is 0 Å². The van der Waals surface area contributed by atoms with E-state index in [4.69, 9.17) is 5.73 Å². The predicted molar refractivity (Wildman–Crippen MR) is 67.3 cm³/mol. The molecule has 1 amide bonds. The summed E-state index contributed by atoms with van der Waals surface area (Å²) in [4.78, 5) is 14.6. The lowest BCUT2D eigenvalue weighted by atomic mass is 9.88. The number of fused-ring (bicyclic) bond motifs is 1. The van der Waals surface area contributed by atoms with Gasteiger partial charge in [0.25, 0.3) is 0 Å². The van der Waals surface area contributed by atoms with E-state index in [2.05, 4.69) is 4.90 Å². The first-order valence-electron chi connectivity index (χ1n) is 7.30. The molecule has 0 aromatic carbocycles. The van der Waals surface area contributed by atoms with Crippen molar-refractivity contribution in [2.75, 3.05) is 13.1 Å². The van der Waals surface area contributed by atoms with Crippen molar-refractivity contribution >= 4 is 5.91 Å². The minimum absolute atomic E-state index is 0.332. The second kappa shape index (κ2) is 4.60. The Morgan fingerprint density at radius 2 is 1.76 bits per heavy atom. The van der Waals surface area contributed by atoms with E-state index in [1.807, 2.05) is 0 Å². The number of rotatable bonds is 1. The van der Waals surface area contributed by atoms with E-state index >= 15 is 0 Å². The van der Waals surface area contributed by atoms with Gasteiger partial charge in [-0.25, -0.2) is 0 Å². The average molecular weight is 236 g/mol. The number of hydrogen-bond donors (Lipinski definition) is 1. The number of likely N-dealkylation sites (tertiary alicyclic amines) is 1. The van der Waals surface area contributed by atoms with Gasteiger partial charge in [-0.15, -0.1) is 0 Å². The largest absolute Gasteiger partial charge is 0.342 e. The van der Waals surface area contributed by atoms with Gasteiger partial charge in [-0.3, -0.25) is 4.79 Å². The van der Waals surface area contributed by atoms with Gasteiger partial charge in [0.2, 0.25) is 5.91 Å². The van der Waals surface area contributed by atoms with Crippen molar-refractivity contribution in [3.05, 3.63) is 0 Å². The third-order valence-corrected chi connectivity index (χ3v) is 5.18. The van der Waals surface area contributed by atoms with Crippen molar-refractivity contribution in [1.82, 2.24) is 4.90 Å². The molecule has 3 aliphatic rings. The zero-order valence-electron chi connectivity index (χ0n) is 10.6. The Kier molecular flexibility index (Phi) is 3.12. The molecule has 2 saturated carbocycles. The van der Waals surface area contributed by atoms with Crippen LogP contribution in [0.15, 0.2) is 0 Å². The molecule has 2 N–H and O–H groups in total. The van der Waals surface area contributed by atoms with Crippen molar-refractivity contribution in [3.8, 4) is 0 Å². The maximum Gasteiger partial charge on any atom is 0.225 e. The summed E-state index contributed by atoms with van der Waals surface area (Å²) in [5.41, 5.74) is 6.12. The molecule has 3 unspecified atom stereocenters. The second-order valence-corrected chi connectivity index (χ2v) is 6.24. The highest BCUT2D eigenvalue weighted by atomic mass is 16.2. The first-order chi connectivity index (χ1) is 8.25. The first-order valence-corrected chi connectivity index (χ1v) is 7.30. The summed E-state index contributed by atoms with van der Waals surface area (Å²) in [5, 5.41) is 0. The highest BCUT2D eigenvalue weighted by Crippen LogP contribution is 2.38. The van der Waals surface area contributed by atoms with Crippen LogP contribution in [0.2, 0.25) is 0 Å². The van der Waals surface area contributed by atoms with Crippen LogP contribution in [0.4, 0.5) is 0 Å². The number of nitrogens with two attached hydrogens (primary N) is 1. The molecule has 0 aromatic rings. The Morgan fingerprint density at radius 3 is 2.47 bits per heavy atom. The van der Waals surface area contributed by atoms with Crippen LogP contribution in [0.1, 0.15) is 44.9 Å². The smallest absolute Gasteiger partial charge is 0.225 e. The number of hydrogen-bond acceptors (Lipinski definition) is 2. The number of amides is 1. The molecule has 3 nitrogen and oxygen atoms in total. The van der Waals surface area contributed by atoms with Gasteiger partial charge in [-0.1, -0.05) is 19.3 Å². The van der Waals surface area contributed by atoms with Gasteiger partial charge < -0.3 is 10.6 Å². The SMILES string of the molecule is NC1CCC2CN(C(=O)C3CCCCC3)CC12. The standard InChI is InChI=1S/C14H24N2O/c15-13-7-6-11-8-16(9-12(11)13)14(17)10-4-2-1-3-5-10/h10-13H,1-9,15H2. The summed E-state index contributed by atoms with van der Waals surface area (Å²) in [6, 6.07) is 0.351. The Bertz CT molecular complexity index is 299. The number of carbonyl (C=O) groups is 1. The van der Waals surface area contributed by atoms with Crippen molar-refractivity contribution in [2.45, 2.75) is 51.0 Å². The highest BCUT2D eigenvalue weighted by molar-refractivity contribution is 5.79. The topological polar surface area (TPSA) is 46.3 Å². The van der Waals surface area contributed by atoms with Crippen LogP contribution < -0.4 is 5.73 Å². The third kappa shape index (κ3) is 2.10. The van der Waals surface area contributed by atoms with E-state index < -0.39 is 0 Å². The van der Waals surface area contributed by atoms with Gasteiger partial charge in [0.1, 0.15) is 0 Å².